The molecule has 0 aliphatic heterocycles. The summed E-state index contributed by atoms with van der Waals surface area (Å²) in [5, 5.41) is 0. The second kappa shape index (κ2) is 7.79. The van der Waals surface area contributed by atoms with Gasteiger partial charge in [-0.25, -0.2) is 0 Å². The highest BCUT2D eigenvalue weighted by atomic mass is 16.1. The smallest absolute Gasteiger partial charge is 0.223 e. The summed E-state index contributed by atoms with van der Waals surface area (Å²) in [5.41, 5.74) is 7.74. The first-order chi connectivity index (χ1) is 10.6. The van der Waals surface area contributed by atoms with Crippen molar-refractivity contribution >= 4 is 5.91 Å². The van der Waals surface area contributed by atoms with Gasteiger partial charge in [0.1, 0.15) is 0 Å². The Bertz CT molecular complexity index is 579. The summed E-state index contributed by atoms with van der Waals surface area (Å²) in [4.78, 5) is 11.9. The first-order valence-electron chi connectivity index (χ1n) is 7.98. The molecular formula is C20H25NO. The first kappa shape index (κ1) is 16.3. The summed E-state index contributed by atoms with van der Waals surface area (Å²) < 4.78 is 0. The molecule has 0 aliphatic carbocycles. The van der Waals surface area contributed by atoms with Gasteiger partial charge in [-0.15, -0.1) is 0 Å². The van der Waals surface area contributed by atoms with Crippen LogP contribution in [0, 0.1) is 5.41 Å². The van der Waals surface area contributed by atoms with Gasteiger partial charge in [-0.05, 0) is 36.8 Å². The zero-order valence-electron chi connectivity index (χ0n) is 13.3. The quantitative estimate of drug-likeness (QED) is 0.731. The Balaban J connectivity index is 1.87. The number of carbonyl (C=O) groups excluding carboxylic acids is 1. The highest BCUT2D eigenvalue weighted by Crippen LogP contribution is 2.29. The van der Waals surface area contributed by atoms with Crippen molar-refractivity contribution in [1.29, 1.82) is 0 Å². The van der Waals surface area contributed by atoms with E-state index in [1.165, 1.54) is 11.1 Å². The Kier molecular flexibility index (Phi) is 5.76. The predicted octanol–water partition coefficient (Wildman–Crippen LogP) is 4.13. The van der Waals surface area contributed by atoms with Gasteiger partial charge < -0.3 is 5.73 Å². The summed E-state index contributed by atoms with van der Waals surface area (Å²) >= 11 is 0. The van der Waals surface area contributed by atoms with Crippen LogP contribution in [0.1, 0.15) is 37.3 Å². The molecule has 0 spiro atoms. The fourth-order valence-corrected chi connectivity index (χ4v) is 2.83. The van der Waals surface area contributed by atoms with Crippen LogP contribution in [0.4, 0.5) is 0 Å². The minimum absolute atomic E-state index is 0.198. The predicted molar refractivity (Wildman–Crippen MR) is 91.4 cm³/mol. The number of hydrogen-bond acceptors (Lipinski definition) is 1. The molecule has 0 heterocycles. The topological polar surface area (TPSA) is 43.1 Å². The minimum atomic E-state index is -0.460. The lowest BCUT2D eigenvalue weighted by Crippen LogP contribution is -2.36. The van der Waals surface area contributed by atoms with Crippen molar-refractivity contribution in [3.63, 3.8) is 0 Å². The zero-order chi connectivity index (χ0) is 15.8. The molecule has 2 heteroatoms. The number of primary amides is 1. The van der Waals surface area contributed by atoms with E-state index in [0.29, 0.717) is 6.42 Å². The number of carbonyl (C=O) groups is 1. The standard InChI is InChI=1S/C20H25NO/c1-20(19(21)22,16-18-13-6-3-7-14-18)15-9-8-12-17-10-4-2-5-11-17/h2-7,10-11,13-14H,8-9,12,15-16H2,1H3,(H2,21,22). The van der Waals surface area contributed by atoms with Crippen LogP contribution >= 0.6 is 0 Å². The molecule has 1 amide bonds. The van der Waals surface area contributed by atoms with Crippen LogP contribution in [0.2, 0.25) is 0 Å². The Hall–Kier alpha value is -2.09. The van der Waals surface area contributed by atoms with Gasteiger partial charge in [-0.1, -0.05) is 74.0 Å². The molecule has 0 fully saturated rings. The van der Waals surface area contributed by atoms with Gasteiger partial charge in [0.15, 0.2) is 0 Å². The van der Waals surface area contributed by atoms with Crippen molar-refractivity contribution in [2.24, 2.45) is 11.1 Å². The lowest BCUT2D eigenvalue weighted by molar-refractivity contribution is -0.127. The summed E-state index contributed by atoms with van der Waals surface area (Å²) in [7, 11) is 0. The Morgan fingerprint density at radius 2 is 1.45 bits per heavy atom. The molecule has 2 rings (SSSR count). The van der Waals surface area contributed by atoms with Crippen LogP contribution in [-0.4, -0.2) is 5.91 Å². The molecule has 0 aromatic heterocycles. The van der Waals surface area contributed by atoms with Crippen molar-refractivity contribution in [3.8, 4) is 0 Å². The monoisotopic (exact) mass is 295 g/mol. The molecule has 2 nitrogen and oxygen atoms in total. The molecule has 0 saturated heterocycles. The van der Waals surface area contributed by atoms with Crippen molar-refractivity contribution in [2.45, 2.75) is 39.0 Å². The van der Waals surface area contributed by atoms with E-state index in [0.717, 1.165) is 25.7 Å². The van der Waals surface area contributed by atoms with Crippen molar-refractivity contribution < 1.29 is 4.79 Å². The number of benzene rings is 2. The Morgan fingerprint density at radius 3 is 2.00 bits per heavy atom. The number of rotatable bonds is 8. The molecule has 0 bridgehead atoms. The summed E-state index contributed by atoms with van der Waals surface area (Å²) in [6, 6.07) is 20.6. The Labute approximate surface area is 133 Å². The fourth-order valence-electron chi connectivity index (χ4n) is 2.83. The fraction of sp³-hybridized carbons (Fsp3) is 0.350. The largest absolute Gasteiger partial charge is 0.369 e. The lowest BCUT2D eigenvalue weighted by atomic mass is 9.78. The van der Waals surface area contributed by atoms with Gasteiger partial charge in [-0.2, -0.15) is 0 Å². The normalized spacial score (nSPS) is 13.5. The van der Waals surface area contributed by atoms with Crippen LogP contribution in [0.15, 0.2) is 60.7 Å². The second-order valence-electron chi connectivity index (χ2n) is 6.28. The van der Waals surface area contributed by atoms with Crippen LogP contribution < -0.4 is 5.73 Å². The lowest BCUT2D eigenvalue weighted by Gasteiger charge is -2.26. The SMILES string of the molecule is CC(CCCCc1ccccc1)(Cc1ccccc1)C(N)=O. The minimum Gasteiger partial charge on any atom is -0.369 e. The maximum absolute atomic E-state index is 11.9. The molecule has 22 heavy (non-hydrogen) atoms. The summed E-state index contributed by atoms with van der Waals surface area (Å²) in [6.07, 6.45) is 4.71. The molecule has 1 unspecified atom stereocenters. The molecule has 2 aromatic rings. The van der Waals surface area contributed by atoms with E-state index >= 15 is 0 Å². The number of aryl methyl sites for hydroxylation is 1. The number of amides is 1. The van der Waals surface area contributed by atoms with Gasteiger partial charge in [0.05, 0.1) is 5.41 Å². The first-order valence-corrected chi connectivity index (χ1v) is 7.98. The van der Waals surface area contributed by atoms with E-state index in [2.05, 4.69) is 36.4 Å². The van der Waals surface area contributed by atoms with Gasteiger partial charge in [0.25, 0.3) is 0 Å². The molecule has 2 N–H and O–H groups in total. The molecule has 116 valence electrons. The van der Waals surface area contributed by atoms with Crippen LogP contribution in [0.5, 0.6) is 0 Å². The van der Waals surface area contributed by atoms with Crippen molar-refractivity contribution in [2.75, 3.05) is 0 Å². The average molecular weight is 295 g/mol. The number of unbranched alkanes of at least 4 members (excludes halogenated alkanes) is 1. The molecule has 0 radical (unpaired) electrons. The Morgan fingerprint density at radius 1 is 0.909 bits per heavy atom. The average Bonchev–Trinajstić information content (AvgIpc) is 2.53. The van der Waals surface area contributed by atoms with E-state index in [1.54, 1.807) is 0 Å². The molecule has 2 aromatic carbocycles. The molecule has 0 saturated carbocycles. The van der Waals surface area contributed by atoms with Gasteiger partial charge in [-0.3, -0.25) is 4.79 Å². The van der Waals surface area contributed by atoms with E-state index in [-0.39, 0.29) is 5.91 Å². The second-order valence-corrected chi connectivity index (χ2v) is 6.28. The van der Waals surface area contributed by atoms with Gasteiger partial charge in [0, 0.05) is 0 Å². The van der Waals surface area contributed by atoms with Gasteiger partial charge >= 0.3 is 0 Å². The highest BCUT2D eigenvalue weighted by molar-refractivity contribution is 5.80. The highest BCUT2D eigenvalue weighted by Gasteiger charge is 2.30. The molecular weight excluding hydrogens is 270 g/mol. The van der Waals surface area contributed by atoms with E-state index in [1.807, 2.05) is 31.2 Å². The third kappa shape index (κ3) is 4.73. The third-order valence-corrected chi connectivity index (χ3v) is 4.32. The van der Waals surface area contributed by atoms with Crippen molar-refractivity contribution in [1.82, 2.24) is 0 Å². The van der Waals surface area contributed by atoms with E-state index < -0.39 is 5.41 Å². The van der Waals surface area contributed by atoms with Crippen LogP contribution in [0.3, 0.4) is 0 Å². The van der Waals surface area contributed by atoms with Crippen molar-refractivity contribution in [3.05, 3.63) is 71.8 Å². The van der Waals surface area contributed by atoms with Gasteiger partial charge in [0.2, 0.25) is 5.91 Å². The molecule has 0 aliphatic rings. The summed E-state index contributed by atoms with van der Waals surface area (Å²) in [5.74, 6) is -0.198. The maximum Gasteiger partial charge on any atom is 0.223 e. The van der Waals surface area contributed by atoms with E-state index in [9.17, 15) is 4.79 Å². The molecule has 1 atom stereocenters. The third-order valence-electron chi connectivity index (χ3n) is 4.32. The summed E-state index contributed by atoms with van der Waals surface area (Å²) in [6.45, 7) is 1.99. The number of hydrogen-bond donors (Lipinski definition) is 1. The zero-order valence-corrected chi connectivity index (χ0v) is 13.3. The van der Waals surface area contributed by atoms with Crippen LogP contribution in [-0.2, 0) is 17.6 Å². The number of nitrogens with two attached hydrogens (primary N) is 1. The van der Waals surface area contributed by atoms with Crippen LogP contribution in [0.25, 0.3) is 0 Å². The van der Waals surface area contributed by atoms with E-state index in [4.69, 9.17) is 5.73 Å². The maximum atomic E-state index is 11.9.